The summed E-state index contributed by atoms with van der Waals surface area (Å²) in [4.78, 5) is 16.0. The maximum atomic E-state index is 13.1. The Kier molecular flexibility index (Phi) is 5.81. The molecular formula is C25H23NO3S. The van der Waals surface area contributed by atoms with E-state index in [1.807, 2.05) is 73.0 Å². The van der Waals surface area contributed by atoms with Crippen LogP contribution in [0.5, 0.6) is 5.75 Å². The highest BCUT2D eigenvalue weighted by Crippen LogP contribution is 2.44. The second kappa shape index (κ2) is 8.67. The molecule has 0 radical (unpaired) electrons. The minimum atomic E-state index is -0.368. The van der Waals surface area contributed by atoms with E-state index in [9.17, 15) is 9.90 Å². The third-order valence-electron chi connectivity index (χ3n) is 5.33. The van der Waals surface area contributed by atoms with Crippen molar-refractivity contribution in [1.82, 2.24) is 4.90 Å². The number of amides is 1. The summed E-state index contributed by atoms with van der Waals surface area (Å²) in [5.41, 5.74) is 3.40. The van der Waals surface area contributed by atoms with Crippen molar-refractivity contribution in [1.29, 1.82) is 0 Å². The summed E-state index contributed by atoms with van der Waals surface area (Å²) in [7, 11) is 1.61. The Hall–Kier alpha value is -3.18. The molecule has 0 bridgehead atoms. The first-order valence-corrected chi connectivity index (χ1v) is 10.9. The zero-order valence-corrected chi connectivity index (χ0v) is 17.7. The van der Waals surface area contributed by atoms with Crippen molar-refractivity contribution in [2.45, 2.75) is 17.5 Å². The van der Waals surface area contributed by atoms with Crippen molar-refractivity contribution >= 4 is 23.2 Å². The zero-order valence-electron chi connectivity index (χ0n) is 16.9. The molecule has 3 aromatic carbocycles. The van der Waals surface area contributed by atoms with Crippen LogP contribution in [0, 0.1) is 0 Å². The van der Waals surface area contributed by atoms with Crippen LogP contribution in [0.15, 0.2) is 89.5 Å². The summed E-state index contributed by atoms with van der Waals surface area (Å²) >= 11 is 1.68. The van der Waals surface area contributed by atoms with Crippen molar-refractivity contribution in [2.75, 3.05) is 13.4 Å². The van der Waals surface area contributed by atoms with Crippen LogP contribution in [0.25, 0.3) is 5.57 Å². The highest BCUT2D eigenvalue weighted by molar-refractivity contribution is 7.98. The van der Waals surface area contributed by atoms with Gasteiger partial charge in [-0.1, -0.05) is 54.6 Å². The number of rotatable bonds is 6. The molecule has 1 heterocycles. The largest absolute Gasteiger partial charge is 0.503 e. The summed E-state index contributed by atoms with van der Waals surface area (Å²) in [5, 5.41) is 10.9. The Labute approximate surface area is 180 Å². The maximum absolute atomic E-state index is 13.1. The standard InChI is InChI=1S/C25H23NO3S/c1-29-20-12-10-18(11-13-20)22-23(19-6-4-3-5-7-19)26(25(28)24(22)27)16-17-8-14-21(30-2)15-9-17/h3-15,23,27H,16H2,1-2H3. The molecule has 0 saturated heterocycles. The van der Waals surface area contributed by atoms with E-state index in [2.05, 4.69) is 12.1 Å². The van der Waals surface area contributed by atoms with Gasteiger partial charge in [0, 0.05) is 17.0 Å². The lowest BCUT2D eigenvalue weighted by Gasteiger charge is -2.27. The topological polar surface area (TPSA) is 49.8 Å². The number of carbonyl (C=O) groups is 1. The molecular weight excluding hydrogens is 394 g/mol. The molecule has 0 saturated carbocycles. The van der Waals surface area contributed by atoms with E-state index in [1.54, 1.807) is 23.8 Å². The third-order valence-corrected chi connectivity index (χ3v) is 6.08. The lowest BCUT2D eigenvalue weighted by molar-refractivity contribution is -0.130. The second-order valence-electron chi connectivity index (χ2n) is 7.09. The molecule has 4 rings (SSSR count). The van der Waals surface area contributed by atoms with Crippen molar-refractivity contribution in [3.05, 3.63) is 101 Å². The van der Waals surface area contributed by atoms with Crippen molar-refractivity contribution in [3.63, 3.8) is 0 Å². The molecule has 1 atom stereocenters. The molecule has 5 heteroatoms. The van der Waals surface area contributed by atoms with Crippen LogP contribution in [0.4, 0.5) is 0 Å². The molecule has 1 unspecified atom stereocenters. The number of ether oxygens (including phenoxy) is 1. The Bertz CT molecular complexity index is 1060. The first kappa shape index (κ1) is 20.1. The number of aliphatic hydroxyl groups excluding tert-OH is 1. The predicted octanol–water partition coefficient (Wildman–Crippen LogP) is 5.47. The molecule has 1 aliphatic heterocycles. The Morgan fingerprint density at radius 3 is 2.23 bits per heavy atom. The highest BCUT2D eigenvalue weighted by atomic mass is 32.2. The van der Waals surface area contributed by atoms with Gasteiger partial charge in [0.05, 0.1) is 13.2 Å². The quantitative estimate of drug-likeness (QED) is 0.540. The summed E-state index contributed by atoms with van der Waals surface area (Å²) in [5.74, 6) is 0.170. The van der Waals surface area contributed by atoms with Crippen LogP contribution in [-0.4, -0.2) is 29.3 Å². The van der Waals surface area contributed by atoms with E-state index in [4.69, 9.17) is 4.74 Å². The molecule has 1 amide bonds. The number of nitrogens with zero attached hydrogens (tertiary/aromatic N) is 1. The van der Waals surface area contributed by atoms with Gasteiger partial charge in [-0.3, -0.25) is 4.79 Å². The summed E-state index contributed by atoms with van der Waals surface area (Å²) in [6, 6.07) is 25.1. The van der Waals surface area contributed by atoms with Crippen LogP contribution in [0.1, 0.15) is 22.7 Å². The van der Waals surface area contributed by atoms with Gasteiger partial charge < -0.3 is 14.7 Å². The molecule has 152 valence electrons. The van der Waals surface area contributed by atoms with E-state index in [-0.39, 0.29) is 17.7 Å². The second-order valence-corrected chi connectivity index (χ2v) is 7.96. The summed E-state index contributed by atoms with van der Waals surface area (Å²) in [6.07, 6.45) is 2.04. The number of benzene rings is 3. The number of aliphatic hydroxyl groups is 1. The average Bonchev–Trinajstić information content (AvgIpc) is 3.05. The molecule has 0 spiro atoms. The van der Waals surface area contributed by atoms with Gasteiger partial charge in [0.1, 0.15) is 5.75 Å². The molecule has 3 aromatic rings. The van der Waals surface area contributed by atoms with E-state index in [0.717, 1.165) is 22.4 Å². The van der Waals surface area contributed by atoms with Crippen molar-refractivity contribution in [3.8, 4) is 5.75 Å². The first-order valence-electron chi connectivity index (χ1n) is 9.68. The molecule has 4 nitrogen and oxygen atoms in total. The number of thioether (sulfide) groups is 1. The SMILES string of the molecule is COc1ccc(C2=C(O)C(=O)N(Cc3ccc(SC)cc3)C2c2ccccc2)cc1. The van der Waals surface area contributed by atoms with Crippen molar-refractivity contribution < 1.29 is 14.6 Å². The summed E-state index contributed by atoms with van der Waals surface area (Å²) in [6.45, 7) is 0.413. The highest BCUT2D eigenvalue weighted by Gasteiger charge is 2.40. The lowest BCUT2D eigenvalue weighted by atomic mass is 9.93. The van der Waals surface area contributed by atoms with Crippen LogP contribution >= 0.6 is 11.8 Å². The number of methoxy groups -OCH3 is 1. The Balaban J connectivity index is 1.75. The Morgan fingerprint density at radius 1 is 0.967 bits per heavy atom. The average molecular weight is 418 g/mol. The molecule has 1 N–H and O–H groups in total. The molecule has 0 fully saturated rings. The molecule has 30 heavy (non-hydrogen) atoms. The fourth-order valence-electron chi connectivity index (χ4n) is 3.79. The minimum absolute atomic E-state index is 0.199. The fraction of sp³-hybridized carbons (Fsp3) is 0.160. The van der Waals surface area contributed by atoms with E-state index >= 15 is 0 Å². The van der Waals surface area contributed by atoms with Gasteiger partial charge in [-0.05, 0) is 47.2 Å². The van der Waals surface area contributed by atoms with E-state index in [0.29, 0.717) is 12.1 Å². The number of carbonyl (C=O) groups excluding carboxylic acids is 1. The number of hydrogen-bond acceptors (Lipinski definition) is 4. The monoisotopic (exact) mass is 417 g/mol. The van der Waals surface area contributed by atoms with Crippen LogP contribution in [0.3, 0.4) is 0 Å². The van der Waals surface area contributed by atoms with Gasteiger partial charge in [0.2, 0.25) is 0 Å². The molecule has 0 aromatic heterocycles. The van der Waals surface area contributed by atoms with Crippen LogP contribution < -0.4 is 4.74 Å². The van der Waals surface area contributed by atoms with E-state index < -0.39 is 0 Å². The summed E-state index contributed by atoms with van der Waals surface area (Å²) < 4.78 is 5.25. The smallest absolute Gasteiger partial charge is 0.290 e. The third kappa shape index (κ3) is 3.81. The normalized spacial score (nSPS) is 16.3. The van der Waals surface area contributed by atoms with Gasteiger partial charge in [-0.25, -0.2) is 0 Å². The Morgan fingerprint density at radius 2 is 1.63 bits per heavy atom. The predicted molar refractivity (Wildman–Crippen MR) is 120 cm³/mol. The van der Waals surface area contributed by atoms with Gasteiger partial charge in [0.25, 0.3) is 5.91 Å². The van der Waals surface area contributed by atoms with Crippen molar-refractivity contribution in [2.24, 2.45) is 0 Å². The zero-order chi connectivity index (χ0) is 21.1. The van der Waals surface area contributed by atoms with Crippen LogP contribution in [0.2, 0.25) is 0 Å². The van der Waals surface area contributed by atoms with Crippen LogP contribution in [-0.2, 0) is 11.3 Å². The fourth-order valence-corrected chi connectivity index (χ4v) is 4.20. The van der Waals surface area contributed by atoms with Gasteiger partial charge in [-0.15, -0.1) is 11.8 Å². The molecule has 0 aliphatic carbocycles. The number of hydrogen-bond donors (Lipinski definition) is 1. The lowest BCUT2D eigenvalue weighted by Crippen LogP contribution is -2.29. The first-order chi connectivity index (χ1) is 14.6. The van der Waals surface area contributed by atoms with Gasteiger partial charge in [-0.2, -0.15) is 0 Å². The van der Waals surface area contributed by atoms with Gasteiger partial charge in [0.15, 0.2) is 5.76 Å². The van der Waals surface area contributed by atoms with E-state index in [1.165, 1.54) is 4.90 Å². The minimum Gasteiger partial charge on any atom is -0.503 e. The molecule has 1 aliphatic rings. The maximum Gasteiger partial charge on any atom is 0.290 e. The van der Waals surface area contributed by atoms with Gasteiger partial charge >= 0.3 is 0 Å².